The van der Waals surface area contributed by atoms with Gasteiger partial charge in [0.05, 0.1) is 23.6 Å². The number of benzene rings is 1. The van der Waals surface area contributed by atoms with Crippen LogP contribution in [0, 0.1) is 11.3 Å². The number of phenolic OH excluding ortho intramolecular Hbond substituents is 1. The maximum absolute atomic E-state index is 10.1. The molecule has 0 saturated carbocycles. The minimum atomic E-state index is -0.178. The fourth-order valence-corrected chi connectivity index (χ4v) is 2.87. The van der Waals surface area contributed by atoms with E-state index in [9.17, 15) is 5.11 Å². The van der Waals surface area contributed by atoms with Crippen LogP contribution in [0.3, 0.4) is 0 Å². The van der Waals surface area contributed by atoms with Gasteiger partial charge in [0.25, 0.3) is 0 Å². The molecule has 1 aromatic rings. The zero-order chi connectivity index (χ0) is 13.8. The zero-order valence-electron chi connectivity index (χ0n) is 11.2. The predicted octanol–water partition coefficient (Wildman–Crippen LogP) is 3.40. The van der Waals surface area contributed by atoms with Gasteiger partial charge in [0, 0.05) is 36.8 Å². The third kappa shape index (κ3) is 5.07. The van der Waals surface area contributed by atoms with Crippen LogP contribution in [0.4, 0.5) is 0 Å². The van der Waals surface area contributed by atoms with E-state index in [1.165, 1.54) is 6.07 Å². The monoisotopic (exact) mass is 371 g/mol. The van der Waals surface area contributed by atoms with Crippen LogP contribution in [0.25, 0.3) is 0 Å². The molecule has 0 bridgehead atoms. The van der Waals surface area contributed by atoms with Crippen LogP contribution >= 0.6 is 48.0 Å². The molecule has 0 unspecified atom stereocenters. The van der Waals surface area contributed by atoms with Crippen molar-refractivity contribution in [2.24, 2.45) is 0 Å². The molecule has 0 spiro atoms. The minimum absolute atomic E-state index is 0. The number of piperazine rings is 1. The predicted molar refractivity (Wildman–Crippen MR) is 90.0 cm³/mol. The number of halogens is 4. The highest BCUT2D eigenvalue weighted by atomic mass is 35.5. The number of nitrogens with one attached hydrogen (secondary N) is 1. The molecule has 0 amide bonds. The quantitative estimate of drug-likeness (QED) is 0.853. The largest absolute Gasteiger partial charge is 0.506 e. The van der Waals surface area contributed by atoms with E-state index in [-0.39, 0.29) is 41.6 Å². The first kappa shape index (κ1) is 20.6. The van der Waals surface area contributed by atoms with Gasteiger partial charge in [0.15, 0.2) is 0 Å². The van der Waals surface area contributed by atoms with Crippen LogP contribution in [0.2, 0.25) is 10.0 Å². The molecule has 8 heteroatoms. The first-order valence-corrected chi connectivity index (χ1v) is 6.88. The van der Waals surface area contributed by atoms with E-state index in [2.05, 4.69) is 16.3 Å². The second-order valence-electron chi connectivity index (χ2n) is 4.49. The molecule has 1 aliphatic rings. The summed E-state index contributed by atoms with van der Waals surface area (Å²) in [4.78, 5) is 2.17. The van der Waals surface area contributed by atoms with E-state index >= 15 is 0 Å². The molecule has 2 N–H and O–H groups in total. The minimum Gasteiger partial charge on any atom is -0.506 e. The van der Waals surface area contributed by atoms with Gasteiger partial charge in [-0.15, -0.1) is 24.8 Å². The number of nitriles is 1. The molecule has 1 aromatic carbocycles. The summed E-state index contributed by atoms with van der Waals surface area (Å²) in [6.07, 6.45) is 0.296. The van der Waals surface area contributed by atoms with Crippen molar-refractivity contribution in [1.82, 2.24) is 10.2 Å². The van der Waals surface area contributed by atoms with E-state index < -0.39 is 0 Å². The molecule has 118 valence electrons. The summed E-state index contributed by atoms with van der Waals surface area (Å²) in [5.41, 5.74) is 0.626. The van der Waals surface area contributed by atoms with Crippen LogP contribution in [-0.2, 0) is 0 Å². The lowest BCUT2D eigenvalue weighted by molar-refractivity contribution is 0.173. The maximum atomic E-state index is 10.1. The Morgan fingerprint density at radius 3 is 2.48 bits per heavy atom. The first-order chi connectivity index (χ1) is 9.13. The molecule has 2 rings (SSSR count). The van der Waals surface area contributed by atoms with Gasteiger partial charge >= 0.3 is 0 Å². The summed E-state index contributed by atoms with van der Waals surface area (Å²) in [6, 6.07) is 5.18. The van der Waals surface area contributed by atoms with Crippen LogP contribution in [0.5, 0.6) is 5.75 Å². The van der Waals surface area contributed by atoms with Gasteiger partial charge in [-0.1, -0.05) is 23.2 Å². The lowest BCUT2D eigenvalue weighted by Gasteiger charge is -2.34. The topological polar surface area (TPSA) is 59.3 Å². The number of hydrogen-bond acceptors (Lipinski definition) is 4. The van der Waals surface area contributed by atoms with Crippen molar-refractivity contribution in [1.29, 1.82) is 5.26 Å². The van der Waals surface area contributed by atoms with Gasteiger partial charge in [-0.25, -0.2) is 0 Å². The van der Waals surface area contributed by atoms with Crippen molar-refractivity contribution in [3.63, 3.8) is 0 Å². The fraction of sp³-hybridized carbons (Fsp3) is 0.462. The van der Waals surface area contributed by atoms with Gasteiger partial charge in [-0.05, 0) is 12.1 Å². The van der Waals surface area contributed by atoms with E-state index in [0.717, 1.165) is 26.2 Å². The van der Waals surface area contributed by atoms with Crippen molar-refractivity contribution in [2.75, 3.05) is 26.2 Å². The van der Waals surface area contributed by atoms with Gasteiger partial charge in [-0.3, -0.25) is 4.90 Å². The molecule has 0 aliphatic carbocycles. The number of hydrogen-bond donors (Lipinski definition) is 2. The fourth-order valence-electron chi connectivity index (χ4n) is 2.36. The third-order valence-electron chi connectivity index (χ3n) is 3.29. The van der Waals surface area contributed by atoms with Crippen LogP contribution in [0.15, 0.2) is 12.1 Å². The smallest absolute Gasteiger partial charge is 0.139 e. The second kappa shape index (κ2) is 9.58. The number of phenols is 1. The number of aromatic hydroxyl groups is 1. The Morgan fingerprint density at radius 1 is 1.29 bits per heavy atom. The average Bonchev–Trinajstić information content (AvgIpc) is 2.41. The molecule has 0 aromatic heterocycles. The van der Waals surface area contributed by atoms with E-state index in [4.69, 9.17) is 28.5 Å². The Balaban J connectivity index is 0.00000200. The molecule has 21 heavy (non-hydrogen) atoms. The molecule has 0 radical (unpaired) electrons. The molecule has 1 fully saturated rings. The van der Waals surface area contributed by atoms with E-state index in [0.29, 0.717) is 17.0 Å². The standard InChI is InChI=1S/C13H15Cl2N3O.2ClH/c14-9-7-10(13(19)11(15)8-9)12(1-2-16)18-5-3-17-4-6-18;;/h7-8,12,17,19H,1,3-6H2;2*1H/t12-;;/m0../s1. The zero-order valence-corrected chi connectivity index (χ0v) is 14.3. The highest BCUT2D eigenvalue weighted by molar-refractivity contribution is 6.35. The van der Waals surface area contributed by atoms with Crippen molar-refractivity contribution in [3.05, 3.63) is 27.7 Å². The van der Waals surface area contributed by atoms with Crippen molar-refractivity contribution in [3.8, 4) is 11.8 Å². The molecule has 4 nitrogen and oxygen atoms in total. The normalized spacial score (nSPS) is 16.2. The highest BCUT2D eigenvalue weighted by Gasteiger charge is 2.25. The van der Waals surface area contributed by atoms with Crippen molar-refractivity contribution in [2.45, 2.75) is 12.5 Å². The van der Waals surface area contributed by atoms with Gasteiger partial charge in [0.1, 0.15) is 5.75 Å². The summed E-state index contributed by atoms with van der Waals surface area (Å²) in [6.45, 7) is 3.40. The van der Waals surface area contributed by atoms with Crippen LogP contribution in [0.1, 0.15) is 18.0 Å². The Labute approximate surface area is 146 Å². The molecular weight excluding hydrogens is 356 g/mol. The summed E-state index contributed by atoms with van der Waals surface area (Å²) >= 11 is 11.9. The summed E-state index contributed by atoms with van der Waals surface area (Å²) in [5, 5.41) is 23.1. The van der Waals surface area contributed by atoms with Crippen molar-refractivity contribution >= 4 is 48.0 Å². The second-order valence-corrected chi connectivity index (χ2v) is 5.33. The number of rotatable bonds is 3. The third-order valence-corrected chi connectivity index (χ3v) is 3.80. The summed E-state index contributed by atoms with van der Waals surface area (Å²) in [5.74, 6) is 0.0184. The Bertz CT molecular complexity index is 501. The molecule has 1 heterocycles. The van der Waals surface area contributed by atoms with E-state index in [1.54, 1.807) is 6.07 Å². The van der Waals surface area contributed by atoms with E-state index in [1.807, 2.05) is 0 Å². The maximum Gasteiger partial charge on any atom is 0.139 e. The Morgan fingerprint density at radius 2 is 1.90 bits per heavy atom. The van der Waals surface area contributed by atoms with Crippen molar-refractivity contribution < 1.29 is 5.11 Å². The molecule has 1 aliphatic heterocycles. The van der Waals surface area contributed by atoms with Crippen LogP contribution in [-0.4, -0.2) is 36.2 Å². The van der Waals surface area contributed by atoms with Gasteiger partial charge in [0.2, 0.25) is 0 Å². The first-order valence-electron chi connectivity index (χ1n) is 6.13. The molecule has 1 saturated heterocycles. The molecule has 1 atom stereocenters. The lowest BCUT2D eigenvalue weighted by Crippen LogP contribution is -2.45. The van der Waals surface area contributed by atoms with Gasteiger partial charge < -0.3 is 10.4 Å². The Kier molecular flexibility index (Phi) is 9.39. The summed E-state index contributed by atoms with van der Waals surface area (Å²) < 4.78 is 0. The van der Waals surface area contributed by atoms with Gasteiger partial charge in [-0.2, -0.15) is 5.26 Å². The highest BCUT2D eigenvalue weighted by Crippen LogP contribution is 2.38. The molecular formula is C13H17Cl4N3O. The van der Waals surface area contributed by atoms with Crippen LogP contribution < -0.4 is 5.32 Å². The Hall–Kier alpha value is -0.410. The average molecular weight is 373 g/mol. The number of nitrogens with zero attached hydrogens (tertiary/aromatic N) is 2. The lowest BCUT2D eigenvalue weighted by atomic mass is 10.0. The summed E-state index contributed by atoms with van der Waals surface area (Å²) in [7, 11) is 0. The SMILES string of the molecule is Cl.Cl.N#CC[C@@H](c1cc(Cl)cc(Cl)c1O)N1CCNCC1.